The Balaban J connectivity index is 1.94. The molecule has 8 heteroatoms. The number of aromatic nitrogens is 3. The van der Waals surface area contributed by atoms with Gasteiger partial charge >= 0.3 is 0 Å². The Bertz CT molecular complexity index is 923. The molecule has 6 nitrogen and oxygen atoms in total. The lowest BCUT2D eigenvalue weighted by molar-refractivity contribution is 0.415. The highest BCUT2D eigenvalue weighted by molar-refractivity contribution is 9.12. The maximum atomic E-state index is 6.34. The molecule has 0 spiro atoms. The highest BCUT2D eigenvalue weighted by atomic mass is 79.9. The minimum absolute atomic E-state index is 0.0236. The number of nitrogens with zero attached hydrogens (tertiary/aromatic N) is 4. The summed E-state index contributed by atoms with van der Waals surface area (Å²) in [5, 5.41) is 13.1. The number of hydrogen-bond donors (Lipinski definition) is 1. The average molecular weight is 437 g/mol. The molecule has 0 aliphatic carbocycles. The fraction of sp³-hybridized carbons (Fsp3) is 0.389. The van der Waals surface area contributed by atoms with Gasteiger partial charge in [0.25, 0.3) is 0 Å². The van der Waals surface area contributed by atoms with Gasteiger partial charge in [-0.15, -0.1) is 10.2 Å². The van der Waals surface area contributed by atoms with Crippen LogP contribution in [-0.2, 0) is 0 Å². The molecule has 26 heavy (non-hydrogen) atoms. The van der Waals surface area contributed by atoms with Crippen LogP contribution in [0.15, 0.2) is 27.7 Å². The summed E-state index contributed by atoms with van der Waals surface area (Å²) in [7, 11) is 1.62. The van der Waals surface area contributed by atoms with Gasteiger partial charge in [0.05, 0.1) is 35.5 Å². The first-order valence-electron chi connectivity index (χ1n) is 8.47. The minimum atomic E-state index is 0.0236. The number of dihydropyridines is 1. The maximum absolute atomic E-state index is 6.34. The summed E-state index contributed by atoms with van der Waals surface area (Å²) in [4.78, 5) is 4.56. The number of hydrogen-bond acceptors (Lipinski definition) is 5. The Morgan fingerprint density at radius 1 is 1.27 bits per heavy atom. The SMILES string of the molecule is COc1cc2c(cc1Cl)NCC(C)c1nnc(C3C=C(Br)C=NC3C)n1-2. The molecule has 2 aliphatic rings. The van der Waals surface area contributed by atoms with E-state index in [0.717, 1.165) is 34.1 Å². The topological polar surface area (TPSA) is 64.3 Å². The Morgan fingerprint density at radius 3 is 2.81 bits per heavy atom. The molecule has 2 aliphatic heterocycles. The zero-order valence-electron chi connectivity index (χ0n) is 14.7. The first-order valence-corrected chi connectivity index (χ1v) is 9.64. The third-order valence-corrected chi connectivity index (χ3v) is 5.62. The maximum Gasteiger partial charge on any atom is 0.146 e. The molecule has 3 heterocycles. The lowest BCUT2D eigenvalue weighted by Crippen LogP contribution is -2.20. The minimum Gasteiger partial charge on any atom is -0.495 e. The molecule has 1 aromatic heterocycles. The van der Waals surface area contributed by atoms with Crippen LogP contribution in [0.3, 0.4) is 0 Å². The van der Waals surface area contributed by atoms with Gasteiger partial charge in [0.15, 0.2) is 0 Å². The van der Waals surface area contributed by atoms with E-state index in [1.54, 1.807) is 7.11 Å². The van der Waals surface area contributed by atoms with Crippen LogP contribution in [0.25, 0.3) is 5.69 Å². The number of halogens is 2. The molecule has 2 aromatic rings. The smallest absolute Gasteiger partial charge is 0.146 e. The Morgan fingerprint density at radius 2 is 2.04 bits per heavy atom. The molecular weight excluding hydrogens is 418 g/mol. The fourth-order valence-electron chi connectivity index (χ4n) is 3.40. The Labute approximate surface area is 165 Å². The van der Waals surface area contributed by atoms with E-state index in [0.29, 0.717) is 10.8 Å². The number of nitrogens with one attached hydrogen (secondary N) is 1. The predicted molar refractivity (Wildman–Crippen MR) is 108 cm³/mol. The largest absolute Gasteiger partial charge is 0.495 e. The quantitative estimate of drug-likeness (QED) is 0.762. The van der Waals surface area contributed by atoms with Crippen molar-refractivity contribution in [2.75, 3.05) is 19.0 Å². The van der Waals surface area contributed by atoms with Crippen molar-refractivity contribution >= 4 is 39.4 Å². The number of ether oxygens (including phenoxy) is 1. The predicted octanol–water partition coefficient (Wildman–Crippen LogP) is 4.29. The summed E-state index contributed by atoms with van der Waals surface area (Å²) < 4.78 is 8.51. The van der Waals surface area contributed by atoms with Crippen molar-refractivity contribution in [1.29, 1.82) is 0 Å². The van der Waals surface area contributed by atoms with Crippen molar-refractivity contribution in [1.82, 2.24) is 14.8 Å². The highest BCUT2D eigenvalue weighted by Gasteiger charge is 2.31. The van der Waals surface area contributed by atoms with Crippen LogP contribution < -0.4 is 10.1 Å². The van der Waals surface area contributed by atoms with Crippen LogP contribution in [0.2, 0.25) is 5.02 Å². The monoisotopic (exact) mass is 435 g/mol. The Kier molecular flexibility index (Phi) is 4.52. The van der Waals surface area contributed by atoms with Crippen LogP contribution in [0.1, 0.15) is 37.3 Å². The molecule has 0 fully saturated rings. The number of allylic oxidation sites excluding steroid dienone is 1. The van der Waals surface area contributed by atoms with Gasteiger partial charge in [-0.25, -0.2) is 0 Å². The van der Waals surface area contributed by atoms with Crippen LogP contribution in [0.4, 0.5) is 5.69 Å². The van der Waals surface area contributed by atoms with Crippen molar-refractivity contribution in [3.8, 4) is 11.4 Å². The number of benzene rings is 1. The van der Waals surface area contributed by atoms with Crippen molar-refractivity contribution in [3.63, 3.8) is 0 Å². The lowest BCUT2D eigenvalue weighted by Gasteiger charge is -2.22. The van der Waals surface area contributed by atoms with E-state index in [4.69, 9.17) is 16.3 Å². The van der Waals surface area contributed by atoms with Crippen molar-refractivity contribution in [2.24, 2.45) is 4.99 Å². The molecule has 1 N–H and O–H groups in total. The summed E-state index contributed by atoms with van der Waals surface area (Å²) in [6.45, 7) is 4.97. The van der Waals surface area contributed by atoms with Gasteiger partial charge in [-0.05, 0) is 28.9 Å². The second kappa shape index (κ2) is 6.70. The summed E-state index contributed by atoms with van der Waals surface area (Å²) in [6.07, 6.45) is 3.96. The number of anilines is 1. The molecule has 0 amide bonds. The van der Waals surface area contributed by atoms with Gasteiger partial charge in [-0.3, -0.25) is 9.56 Å². The molecule has 0 saturated heterocycles. The average Bonchev–Trinajstić information content (AvgIpc) is 3.01. The standard InChI is InChI=1S/C18H19BrClN5O/c1-9-7-22-14-5-13(20)16(26-3)6-15(14)25-17(9)23-24-18(25)12-4-11(19)8-21-10(12)2/h4-6,8-10,12,22H,7H2,1-3H3. The van der Waals surface area contributed by atoms with Crippen molar-refractivity contribution in [3.05, 3.63) is 39.4 Å². The van der Waals surface area contributed by atoms with Crippen molar-refractivity contribution in [2.45, 2.75) is 31.7 Å². The summed E-state index contributed by atoms with van der Waals surface area (Å²) in [6, 6.07) is 3.91. The van der Waals surface area contributed by atoms with E-state index in [1.165, 1.54) is 0 Å². The molecule has 1 aromatic carbocycles. The lowest BCUT2D eigenvalue weighted by atomic mass is 9.98. The molecular formula is C18H19BrClN5O. The zero-order chi connectivity index (χ0) is 18.4. The normalized spacial score (nSPS) is 24.2. The van der Waals surface area contributed by atoms with Crippen LogP contribution in [0, 0.1) is 0 Å². The first-order chi connectivity index (χ1) is 12.5. The van der Waals surface area contributed by atoms with E-state index in [9.17, 15) is 0 Å². The van der Waals surface area contributed by atoms with E-state index < -0.39 is 0 Å². The van der Waals surface area contributed by atoms with Gasteiger partial charge < -0.3 is 10.1 Å². The van der Waals surface area contributed by atoms with Crippen LogP contribution in [0.5, 0.6) is 5.75 Å². The van der Waals surface area contributed by atoms with E-state index in [-0.39, 0.29) is 17.9 Å². The molecule has 3 atom stereocenters. The third-order valence-electron chi connectivity index (χ3n) is 4.85. The van der Waals surface area contributed by atoms with E-state index in [2.05, 4.69) is 60.9 Å². The van der Waals surface area contributed by atoms with Crippen LogP contribution in [-0.4, -0.2) is 40.7 Å². The summed E-state index contributed by atoms with van der Waals surface area (Å²) in [5.74, 6) is 2.63. The van der Waals surface area contributed by atoms with Gasteiger partial charge in [-0.1, -0.05) is 24.6 Å². The molecule has 0 bridgehead atoms. The van der Waals surface area contributed by atoms with E-state index >= 15 is 0 Å². The number of methoxy groups -OCH3 is 1. The van der Waals surface area contributed by atoms with Gasteiger partial charge in [0, 0.05) is 29.2 Å². The van der Waals surface area contributed by atoms with Crippen LogP contribution >= 0.6 is 27.5 Å². The Hall–Kier alpha value is -1.86. The molecule has 0 radical (unpaired) electrons. The zero-order valence-corrected chi connectivity index (χ0v) is 17.0. The van der Waals surface area contributed by atoms with Crippen molar-refractivity contribution < 1.29 is 4.74 Å². The summed E-state index contributed by atoms with van der Waals surface area (Å²) in [5.41, 5.74) is 1.88. The van der Waals surface area contributed by atoms with E-state index in [1.807, 2.05) is 18.3 Å². The third kappa shape index (κ3) is 2.83. The second-order valence-corrected chi connectivity index (χ2v) is 7.96. The van der Waals surface area contributed by atoms with Gasteiger partial charge in [0.1, 0.15) is 17.4 Å². The molecule has 4 rings (SSSR count). The number of fused-ring (bicyclic) bond motifs is 3. The first kappa shape index (κ1) is 17.5. The molecule has 136 valence electrons. The highest BCUT2D eigenvalue weighted by Crippen LogP contribution is 2.39. The fourth-order valence-corrected chi connectivity index (χ4v) is 4.04. The van der Waals surface area contributed by atoms with Gasteiger partial charge in [-0.2, -0.15) is 0 Å². The molecule has 3 unspecified atom stereocenters. The van der Waals surface area contributed by atoms with Gasteiger partial charge in [0.2, 0.25) is 0 Å². The second-order valence-electron chi connectivity index (χ2n) is 6.63. The molecule has 0 saturated carbocycles. The number of rotatable bonds is 2. The summed E-state index contributed by atoms with van der Waals surface area (Å²) >= 11 is 9.88. The number of aliphatic imine (C=N–C) groups is 1.